The first-order valence-electron chi connectivity index (χ1n) is 5.82. The molecule has 3 heteroatoms. The molecule has 0 bridgehead atoms. The van der Waals surface area contributed by atoms with Crippen molar-refractivity contribution in [3.63, 3.8) is 0 Å². The summed E-state index contributed by atoms with van der Waals surface area (Å²) in [6.45, 7) is 7.09. The third-order valence-electron chi connectivity index (χ3n) is 3.21. The third-order valence-corrected chi connectivity index (χ3v) is 6.16. The molecule has 0 saturated heterocycles. The normalized spacial score (nSPS) is 11.8. The van der Waals surface area contributed by atoms with Crippen LogP contribution in [0.25, 0.3) is 10.8 Å². The van der Waals surface area contributed by atoms with Gasteiger partial charge in [-0.1, -0.05) is 59.8 Å². The number of fused-ring (bicyclic) bond motifs is 1. The van der Waals surface area contributed by atoms with Gasteiger partial charge in [-0.2, -0.15) is 0 Å². The third kappa shape index (κ3) is 2.40. The van der Waals surface area contributed by atoms with Gasteiger partial charge in [0.2, 0.25) is 0 Å². The van der Waals surface area contributed by atoms with Crippen LogP contribution in [0.15, 0.2) is 40.9 Å². The zero-order chi connectivity index (χ0) is 12.6. The van der Waals surface area contributed by atoms with Gasteiger partial charge in [0.1, 0.15) is 8.24 Å². The summed E-state index contributed by atoms with van der Waals surface area (Å²) in [7, 11) is 0.892. The van der Waals surface area contributed by atoms with Crippen LogP contribution in [0.4, 0.5) is 5.69 Å². The van der Waals surface area contributed by atoms with Gasteiger partial charge in [0, 0.05) is 15.5 Å². The second-order valence-corrected chi connectivity index (χ2v) is 11.2. The van der Waals surface area contributed by atoms with E-state index in [-0.39, 0.29) is 0 Å². The fourth-order valence-electron chi connectivity index (χ4n) is 1.91. The highest BCUT2D eigenvalue weighted by molar-refractivity contribution is 9.10. The molecule has 0 amide bonds. The van der Waals surface area contributed by atoms with Crippen molar-refractivity contribution in [2.45, 2.75) is 19.6 Å². The Morgan fingerprint density at radius 3 is 2.18 bits per heavy atom. The van der Waals surface area contributed by atoms with E-state index in [1.54, 1.807) is 0 Å². The minimum atomic E-state index is -1.32. The maximum absolute atomic E-state index is 3.62. The van der Waals surface area contributed by atoms with Gasteiger partial charge in [0.25, 0.3) is 0 Å². The number of hydrogen-bond acceptors (Lipinski definition) is 1. The average Bonchev–Trinajstić information content (AvgIpc) is 2.27. The Hall–Kier alpha value is -0.803. The summed E-state index contributed by atoms with van der Waals surface area (Å²) in [5.41, 5.74) is 1.34. The molecule has 0 radical (unpaired) electrons. The number of benzene rings is 2. The molecule has 1 nitrogen and oxygen atoms in total. The molecule has 0 aromatic heterocycles. The lowest BCUT2D eigenvalue weighted by molar-refractivity contribution is 1.26. The van der Waals surface area contributed by atoms with Crippen LogP contribution in [0.2, 0.25) is 19.6 Å². The lowest BCUT2D eigenvalue weighted by Gasteiger charge is -2.33. The van der Waals surface area contributed by atoms with Crippen LogP contribution in [0.1, 0.15) is 0 Å². The van der Waals surface area contributed by atoms with Gasteiger partial charge in [0.05, 0.1) is 0 Å². The number of nitrogens with zero attached hydrogens (tertiary/aromatic N) is 1. The standard InChI is InChI=1S/C14H18BrNSi/c1-16(17(2,3)4)14-10-6-7-11-12(14)8-5-9-13(11)15/h5-10H,1-4H3. The summed E-state index contributed by atoms with van der Waals surface area (Å²) in [6.07, 6.45) is 0. The van der Waals surface area contributed by atoms with Crippen molar-refractivity contribution in [2.75, 3.05) is 11.6 Å². The van der Waals surface area contributed by atoms with E-state index in [1.807, 2.05) is 0 Å². The summed E-state index contributed by atoms with van der Waals surface area (Å²) in [5.74, 6) is 0. The number of anilines is 1. The predicted octanol–water partition coefficient (Wildman–Crippen LogP) is 4.87. The number of rotatable bonds is 2. The van der Waals surface area contributed by atoms with Crippen LogP contribution < -0.4 is 4.57 Å². The first kappa shape index (κ1) is 12.6. The Bertz CT molecular complexity index is 545. The van der Waals surface area contributed by atoms with Gasteiger partial charge in [-0.3, -0.25) is 0 Å². The summed E-state index contributed by atoms with van der Waals surface area (Å²) in [6, 6.07) is 12.9. The van der Waals surface area contributed by atoms with E-state index in [2.05, 4.69) is 83.6 Å². The SMILES string of the molecule is CN(c1cccc2c(Br)cccc12)[Si](C)(C)C. The van der Waals surface area contributed by atoms with Gasteiger partial charge >= 0.3 is 0 Å². The van der Waals surface area contributed by atoms with Crippen LogP contribution in [0, 0.1) is 0 Å². The smallest absolute Gasteiger partial charge is 0.147 e. The fourth-order valence-corrected chi connectivity index (χ4v) is 3.32. The van der Waals surface area contributed by atoms with Gasteiger partial charge in [-0.05, 0) is 24.6 Å². The second-order valence-electron chi connectivity index (χ2n) is 5.34. The molecule has 2 aromatic carbocycles. The summed E-state index contributed by atoms with van der Waals surface area (Å²) in [5, 5.41) is 2.61. The Morgan fingerprint density at radius 1 is 0.941 bits per heavy atom. The Labute approximate surface area is 113 Å². The Kier molecular flexibility index (Phi) is 3.32. The van der Waals surface area contributed by atoms with Crippen molar-refractivity contribution in [1.82, 2.24) is 0 Å². The van der Waals surface area contributed by atoms with Gasteiger partial charge in [0.15, 0.2) is 0 Å². The van der Waals surface area contributed by atoms with E-state index in [4.69, 9.17) is 0 Å². The summed E-state index contributed by atoms with van der Waals surface area (Å²) >= 11 is 3.62. The zero-order valence-corrected chi connectivity index (χ0v) is 13.4. The molecule has 0 N–H and O–H groups in total. The highest BCUT2D eigenvalue weighted by atomic mass is 79.9. The van der Waals surface area contributed by atoms with Crippen molar-refractivity contribution in [3.8, 4) is 0 Å². The molecule has 0 spiro atoms. The predicted molar refractivity (Wildman–Crippen MR) is 83.4 cm³/mol. The molecule has 0 atom stereocenters. The quantitative estimate of drug-likeness (QED) is 0.715. The molecular formula is C14H18BrNSi. The van der Waals surface area contributed by atoms with E-state index in [0.717, 1.165) is 0 Å². The van der Waals surface area contributed by atoms with E-state index in [9.17, 15) is 0 Å². The molecule has 90 valence electrons. The molecule has 0 aliphatic heterocycles. The highest BCUT2D eigenvalue weighted by Gasteiger charge is 2.21. The monoisotopic (exact) mass is 307 g/mol. The van der Waals surface area contributed by atoms with Crippen molar-refractivity contribution < 1.29 is 0 Å². The molecule has 17 heavy (non-hydrogen) atoms. The summed E-state index contributed by atoms with van der Waals surface area (Å²) in [4.78, 5) is 0. The van der Waals surface area contributed by atoms with E-state index >= 15 is 0 Å². The van der Waals surface area contributed by atoms with E-state index in [1.165, 1.54) is 20.9 Å². The molecule has 2 rings (SSSR count). The molecule has 0 aliphatic rings. The maximum atomic E-state index is 3.62. The molecule has 0 unspecified atom stereocenters. The largest absolute Gasteiger partial charge is 0.400 e. The van der Waals surface area contributed by atoms with Crippen LogP contribution in [-0.4, -0.2) is 15.3 Å². The molecule has 0 heterocycles. The topological polar surface area (TPSA) is 3.24 Å². The molecule has 0 fully saturated rings. The van der Waals surface area contributed by atoms with Crippen molar-refractivity contribution >= 4 is 40.6 Å². The van der Waals surface area contributed by atoms with Gasteiger partial charge in [-0.25, -0.2) is 0 Å². The van der Waals surface area contributed by atoms with E-state index in [0.29, 0.717) is 0 Å². The zero-order valence-electron chi connectivity index (χ0n) is 10.8. The maximum Gasteiger partial charge on any atom is 0.147 e. The first-order chi connectivity index (χ1) is 7.91. The Balaban J connectivity index is 2.67. The molecule has 0 aliphatic carbocycles. The fraction of sp³-hybridized carbons (Fsp3) is 0.286. The van der Waals surface area contributed by atoms with Crippen LogP contribution in [-0.2, 0) is 0 Å². The first-order valence-corrected chi connectivity index (χ1v) is 10.1. The highest BCUT2D eigenvalue weighted by Crippen LogP contribution is 2.32. The lowest BCUT2D eigenvalue weighted by atomic mass is 10.1. The molecule has 2 aromatic rings. The van der Waals surface area contributed by atoms with Crippen molar-refractivity contribution in [1.29, 1.82) is 0 Å². The van der Waals surface area contributed by atoms with Gasteiger partial charge < -0.3 is 4.57 Å². The Morgan fingerprint density at radius 2 is 1.53 bits per heavy atom. The second kappa shape index (κ2) is 4.46. The minimum absolute atomic E-state index is 1.17. The molecular weight excluding hydrogens is 290 g/mol. The average molecular weight is 308 g/mol. The lowest BCUT2D eigenvalue weighted by Crippen LogP contribution is -2.43. The number of halogens is 1. The van der Waals surface area contributed by atoms with Crippen molar-refractivity contribution in [3.05, 3.63) is 40.9 Å². The van der Waals surface area contributed by atoms with Crippen molar-refractivity contribution in [2.24, 2.45) is 0 Å². The minimum Gasteiger partial charge on any atom is -0.400 e. The number of hydrogen-bond donors (Lipinski definition) is 0. The summed E-state index contributed by atoms with van der Waals surface area (Å²) < 4.78 is 3.63. The van der Waals surface area contributed by atoms with Crippen LogP contribution in [0.3, 0.4) is 0 Å². The van der Waals surface area contributed by atoms with Crippen LogP contribution in [0.5, 0.6) is 0 Å². The van der Waals surface area contributed by atoms with Gasteiger partial charge in [-0.15, -0.1) is 0 Å². The van der Waals surface area contributed by atoms with E-state index < -0.39 is 8.24 Å². The van der Waals surface area contributed by atoms with Crippen LogP contribution >= 0.6 is 15.9 Å². The molecule has 0 saturated carbocycles.